The molecule has 13 heavy (non-hydrogen) atoms. The quantitative estimate of drug-likeness (QED) is 0.526. The van der Waals surface area contributed by atoms with Crippen LogP contribution in [0.4, 0.5) is 0 Å². The van der Waals surface area contributed by atoms with E-state index in [4.69, 9.17) is 4.74 Å². The first-order valence-corrected chi connectivity index (χ1v) is 3.86. The first-order chi connectivity index (χ1) is 5.93. The van der Waals surface area contributed by atoms with E-state index in [0.29, 0.717) is 0 Å². The smallest absolute Gasteiger partial charge is 0.0606 e. The summed E-state index contributed by atoms with van der Waals surface area (Å²) in [6.07, 6.45) is 0. The zero-order valence-electron chi connectivity index (χ0n) is 7.46. The molecule has 0 amide bonds. The van der Waals surface area contributed by atoms with Crippen molar-refractivity contribution >= 4 is 0 Å². The van der Waals surface area contributed by atoms with Gasteiger partial charge in [0.15, 0.2) is 0 Å². The summed E-state index contributed by atoms with van der Waals surface area (Å²) in [5.74, 6) is 0.931. The molecule has 2 aromatic carbocycles. The molecule has 0 atom stereocenters. The van der Waals surface area contributed by atoms with E-state index in [2.05, 4.69) is 0 Å². The van der Waals surface area contributed by atoms with E-state index in [1.54, 1.807) is 7.11 Å². The van der Waals surface area contributed by atoms with Crippen LogP contribution in [0.15, 0.2) is 54.6 Å². The first kappa shape index (κ1) is 12.0. The summed E-state index contributed by atoms with van der Waals surface area (Å²) in [6, 6.07) is 17.7. The Bertz CT molecular complexity index is 241. The molecular weight excluding hydrogens is 204 g/mol. The number of ether oxygens (including phenoxy) is 1. The van der Waals surface area contributed by atoms with E-state index in [9.17, 15) is 0 Å². The Labute approximate surface area is 89.5 Å². The molecule has 0 radical (unpaired) electrons. The molecule has 76 valence electrons. The van der Waals surface area contributed by atoms with Crippen molar-refractivity contribution in [3.63, 3.8) is 0 Å². The molecular formula is C11H12FeO-6. The largest absolute Gasteiger partial charge is 0.748 e. The van der Waals surface area contributed by atoms with Crippen LogP contribution >= 0.6 is 0 Å². The van der Waals surface area contributed by atoms with Gasteiger partial charge in [-0.25, -0.2) is 12.1 Å². The third kappa shape index (κ3) is 5.29. The van der Waals surface area contributed by atoms with Gasteiger partial charge in [0.25, 0.3) is 0 Å². The third-order valence-electron chi connectivity index (χ3n) is 1.42. The minimum Gasteiger partial charge on any atom is -0.748 e. The summed E-state index contributed by atoms with van der Waals surface area (Å²) >= 11 is 0. The molecule has 0 saturated carbocycles. The van der Waals surface area contributed by atoms with Gasteiger partial charge in [-0.1, -0.05) is 0 Å². The minimum absolute atomic E-state index is 0. The maximum Gasteiger partial charge on any atom is 0.0606 e. The van der Waals surface area contributed by atoms with Crippen molar-refractivity contribution in [3.05, 3.63) is 54.6 Å². The zero-order valence-corrected chi connectivity index (χ0v) is 8.56. The fraction of sp³-hybridized carbons (Fsp3) is 0.0909. The van der Waals surface area contributed by atoms with Crippen LogP contribution in [0.3, 0.4) is 0 Å². The summed E-state index contributed by atoms with van der Waals surface area (Å²) in [6.45, 7) is 0. The molecule has 2 aromatic rings. The van der Waals surface area contributed by atoms with Crippen molar-refractivity contribution in [2.75, 3.05) is 7.11 Å². The molecule has 0 aliphatic rings. The first-order valence-electron chi connectivity index (χ1n) is 3.86. The Morgan fingerprint density at radius 3 is 1.54 bits per heavy atom. The SMILES string of the molecule is CO[c-]1cccc1.[Fe].[cH-]1[cH-][cH-][cH-][cH-]1. The van der Waals surface area contributed by atoms with Crippen molar-refractivity contribution in [1.29, 1.82) is 0 Å². The van der Waals surface area contributed by atoms with Crippen LogP contribution in [0, 0.1) is 0 Å². The average Bonchev–Trinajstić information content (AvgIpc) is 2.81. The Morgan fingerprint density at radius 1 is 0.923 bits per heavy atom. The molecule has 1 nitrogen and oxygen atoms in total. The number of hydrogen-bond acceptors (Lipinski definition) is 1. The third-order valence-corrected chi connectivity index (χ3v) is 1.42. The van der Waals surface area contributed by atoms with E-state index in [0.717, 1.165) is 5.75 Å². The Kier molecular flexibility index (Phi) is 7.08. The monoisotopic (exact) mass is 216 g/mol. The molecule has 2 heteroatoms. The Morgan fingerprint density at radius 2 is 1.31 bits per heavy atom. The summed E-state index contributed by atoms with van der Waals surface area (Å²) in [5, 5.41) is 0. The Balaban J connectivity index is 0.000000215. The van der Waals surface area contributed by atoms with E-state index in [-0.39, 0.29) is 17.1 Å². The van der Waals surface area contributed by atoms with Crippen molar-refractivity contribution in [1.82, 2.24) is 0 Å². The average molecular weight is 216 g/mol. The molecule has 0 spiro atoms. The van der Waals surface area contributed by atoms with Crippen molar-refractivity contribution < 1.29 is 21.8 Å². The summed E-state index contributed by atoms with van der Waals surface area (Å²) in [4.78, 5) is 0. The van der Waals surface area contributed by atoms with Crippen LogP contribution < -0.4 is 4.74 Å². The van der Waals surface area contributed by atoms with Gasteiger partial charge in [0.1, 0.15) is 0 Å². The number of rotatable bonds is 1. The normalized spacial score (nSPS) is 7.77. The van der Waals surface area contributed by atoms with Gasteiger partial charge in [0.05, 0.1) is 7.11 Å². The molecule has 0 N–H and O–H groups in total. The summed E-state index contributed by atoms with van der Waals surface area (Å²) in [7, 11) is 1.66. The van der Waals surface area contributed by atoms with Crippen molar-refractivity contribution in [3.8, 4) is 5.75 Å². The van der Waals surface area contributed by atoms with E-state index in [1.807, 2.05) is 54.6 Å². The second-order valence-corrected chi connectivity index (χ2v) is 2.29. The molecule has 0 unspecified atom stereocenters. The fourth-order valence-corrected chi connectivity index (χ4v) is 0.813. The van der Waals surface area contributed by atoms with Gasteiger partial charge in [0, 0.05) is 22.8 Å². The van der Waals surface area contributed by atoms with Gasteiger partial charge in [0.2, 0.25) is 0 Å². The molecule has 0 aliphatic heterocycles. The maximum absolute atomic E-state index is 4.85. The van der Waals surface area contributed by atoms with Gasteiger partial charge in [-0.05, 0) is 0 Å². The minimum atomic E-state index is 0. The topological polar surface area (TPSA) is 9.23 Å². The molecule has 0 heterocycles. The second-order valence-electron chi connectivity index (χ2n) is 2.29. The Hall–Kier alpha value is -0.981. The van der Waals surface area contributed by atoms with E-state index >= 15 is 0 Å². The maximum atomic E-state index is 4.85. The van der Waals surface area contributed by atoms with Crippen LogP contribution in [0.1, 0.15) is 0 Å². The van der Waals surface area contributed by atoms with Crippen LogP contribution in [-0.4, -0.2) is 7.11 Å². The second kappa shape index (κ2) is 7.66. The predicted octanol–water partition coefficient (Wildman–Crippen LogP) is 2.82. The molecule has 2 rings (SSSR count). The zero-order chi connectivity index (χ0) is 8.65. The van der Waals surface area contributed by atoms with E-state index in [1.165, 1.54) is 0 Å². The van der Waals surface area contributed by atoms with Gasteiger partial charge in [-0.2, -0.15) is 0 Å². The number of hydrogen-bond donors (Lipinski definition) is 0. The van der Waals surface area contributed by atoms with E-state index < -0.39 is 0 Å². The van der Waals surface area contributed by atoms with Gasteiger partial charge in [-0.3, -0.25) is 0 Å². The molecule has 0 aromatic heterocycles. The molecule has 0 saturated heterocycles. The van der Waals surface area contributed by atoms with Gasteiger partial charge >= 0.3 is 0 Å². The molecule has 0 fully saturated rings. The van der Waals surface area contributed by atoms with Gasteiger partial charge in [-0.15, -0.1) is 12.1 Å². The molecule has 0 aliphatic carbocycles. The van der Waals surface area contributed by atoms with Crippen LogP contribution in [-0.2, 0) is 17.1 Å². The van der Waals surface area contributed by atoms with Crippen LogP contribution in [0.5, 0.6) is 5.75 Å². The van der Waals surface area contributed by atoms with Crippen molar-refractivity contribution in [2.45, 2.75) is 0 Å². The number of methoxy groups -OCH3 is 1. The van der Waals surface area contributed by atoms with Gasteiger partial charge < -0.3 is 35.1 Å². The standard InChI is InChI=1S/C6H7O.C5H5.Fe/c1-7-6-4-2-3-5-6;1-2-4-5-3-1;/h2-5H,1H3;1-5H;/q-1;-5;. The van der Waals surface area contributed by atoms with Crippen LogP contribution in [0.2, 0.25) is 0 Å². The fourth-order valence-electron chi connectivity index (χ4n) is 0.813. The molecule has 0 bridgehead atoms. The van der Waals surface area contributed by atoms with Crippen molar-refractivity contribution in [2.24, 2.45) is 0 Å². The summed E-state index contributed by atoms with van der Waals surface area (Å²) < 4.78 is 4.85. The summed E-state index contributed by atoms with van der Waals surface area (Å²) in [5.41, 5.74) is 0. The van der Waals surface area contributed by atoms with Crippen LogP contribution in [0.25, 0.3) is 0 Å². The predicted molar refractivity (Wildman–Crippen MR) is 50.6 cm³/mol.